The first-order chi connectivity index (χ1) is 13.5. The molecule has 0 aliphatic heterocycles. The van der Waals surface area contributed by atoms with Crippen molar-refractivity contribution in [2.24, 2.45) is 0 Å². The highest BCUT2D eigenvalue weighted by atomic mass is 35.5. The Kier molecular flexibility index (Phi) is 6.57. The summed E-state index contributed by atoms with van der Waals surface area (Å²) in [5.41, 5.74) is 3.17. The summed E-state index contributed by atoms with van der Waals surface area (Å²) >= 11 is 6.06. The normalized spacial score (nSPS) is 14.0. The summed E-state index contributed by atoms with van der Waals surface area (Å²) in [6, 6.07) is 10.7. The lowest BCUT2D eigenvalue weighted by molar-refractivity contribution is -0.122. The summed E-state index contributed by atoms with van der Waals surface area (Å²) < 4.78 is 10.9. The van der Waals surface area contributed by atoms with Crippen molar-refractivity contribution in [2.45, 2.75) is 45.6 Å². The Balaban J connectivity index is 1.70. The highest BCUT2D eigenvalue weighted by Gasteiger charge is 2.20. The van der Waals surface area contributed by atoms with Crippen molar-refractivity contribution < 1.29 is 19.1 Å². The molecule has 0 spiro atoms. The molecule has 6 heteroatoms. The third kappa shape index (κ3) is 4.65. The molecule has 148 valence electrons. The Morgan fingerprint density at radius 3 is 2.75 bits per heavy atom. The van der Waals surface area contributed by atoms with E-state index in [1.165, 1.54) is 23.6 Å². The van der Waals surface area contributed by atoms with E-state index < -0.39 is 12.1 Å². The summed E-state index contributed by atoms with van der Waals surface area (Å²) in [7, 11) is 0. The van der Waals surface area contributed by atoms with E-state index in [4.69, 9.17) is 21.1 Å². The van der Waals surface area contributed by atoms with Crippen molar-refractivity contribution in [2.75, 3.05) is 11.9 Å². The Hall–Kier alpha value is -2.53. The fourth-order valence-corrected chi connectivity index (χ4v) is 3.51. The molecule has 1 aliphatic rings. The maximum absolute atomic E-state index is 12.6. The molecule has 3 rings (SSSR count). The second kappa shape index (κ2) is 9.11. The van der Waals surface area contributed by atoms with E-state index in [1.807, 2.05) is 12.1 Å². The monoisotopic (exact) mass is 401 g/mol. The average molecular weight is 402 g/mol. The lowest BCUT2D eigenvalue weighted by Crippen LogP contribution is -2.30. The lowest BCUT2D eigenvalue weighted by atomic mass is 9.91. The average Bonchev–Trinajstić information content (AvgIpc) is 2.69. The van der Waals surface area contributed by atoms with Gasteiger partial charge in [-0.1, -0.05) is 23.7 Å². The van der Waals surface area contributed by atoms with Crippen LogP contribution in [-0.2, 0) is 22.4 Å². The van der Waals surface area contributed by atoms with Crippen molar-refractivity contribution in [3.05, 3.63) is 58.1 Å². The highest BCUT2D eigenvalue weighted by molar-refractivity contribution is 6.33. The van der Waals surface area contributed by atoms with Gasteiger partial charge in [-0.15, -0.1) is 0 Å². The van der Waals surface area contributed by atoms with Gasteiger partial charge in [0.15, 0.2) is 6.10 Å². The van der Waals surface area contributed by atoms with Crippen LogP contribution in [0.25, 0.3) is 0 Å². The molecule has 28 heavy (non-hydrogen) atoms. The highest BCUT2D eigenvalue weighted by Crippen LogP contribution is 2.30. The minimum Gasteiger partial charge on any atom is -0.481 e. The van der Waals surface area contributed by atoms with Crippen LogP contribution in [0, 0.1) is 0 Å². The van der Waals surface area contributed by atoms with E-state index in [-0.39, 0.29) is 23.1 Å². The molecule has 0 saturated carbocycles. The molecule has 0 unspecified atom stereocenters. The smallest absolute Gasteiger partial charge is 0.339 e. The number of hydrogen-bond donors (Lipinski definition) is 1. The molecule has 0 aromatic heterocycles. The molecule has 1 atom stereocenters. The summed E-state index contributed by atoms with van der Waals surface area (Å²) in [4.78, 5) is 24.6. The molecule has 0 heterocycles. The lowest BCUT2D eigenvalue weighted by Gasteiger charge is -2.22. The molecule has 0 bridgehead atoms. The van der Waals surface area contributed by atoms with E-state index in [0.29, 0.717) is 5.69 Å². The first-order valence-corrected chi connectivity index (χ1v) is 9.92. The fourth-order valence-electron chi connectivity index (χ4n) is 3.31. The Morgan fingerprint density at radius 1 is 1.18 bits per heavy atom. The molecule has 2 aromatic carbocycles. The fraction of sp³-hybridized carbons (Fsp3) is 0.364. The summed E-state index contributed by atoms with van der Waals surface area (Å²) in [6.07, 6.45) is 3.66. The minimum absolute atomic E-state index is 0.215. The van der Waals surface area contributed by atoms with Gasteiger partial charge in [0.2, 0.25) is 0 Å². The van der Waals surface area contributed by atoms with Crippen LogP contribution in [-0.4, -0.2) is 24.6 Å². The van der Waals surface area contributed by atoms with Crippen LogP contribution in [0.4, 0.5) is 5.69 Å². The van der Waals surface area contributed by atoms with Gasteiger partial charge in [-0.25, -0.2) is 4.79 Å². The first-order valence-electron chi connectivity index (χ1n) is 9.54. The van der Waals surface area contributed by atoms with Crippen LogP contribution < -0.4 is 10.1 Å². The Morgan fingerprint density at radius 2 is 1.96 bits per heavy atom. The number of fused-ring (bicyclic) bond motifs is 1. The van der Waals surface area contributed by atoms with E-state index in [1.54, 1.807) is 26.0 Å². The topological polar surface area (TPSA) is 64.6 Å². The second-order valence-corrected chi connectivity index (χ2v) is 7.17. The number of benzene rings is 2. The van der Waals surface area contributed by atoms with E-state index >= 15 is 0 Å². The number of ether oxygens (including phenoxy) is 2. The number of nitrogens with one attached hydrogen (secondary N) is 1. The SMILES string of the molecule is CCOC(=O)c1cc(NC(=O)[C@@H](C)Oc2cccc3c2CCCC3)ccc1Cl. The van der Waals surface area contributed by atoms with Gasteiger partial charge in [-0.05, 0) is 74.9 Å². The second-order valence-electron chi connectivity index (χ2n) is 6.77. The van der Waals surface area contributed by atoms with Crippen LogP contribution in [0.15, 0.2) is 36.4 Å². The Labute approximate surface area is 170 Å². The molecule has 1 N–H and O–H groups in total. The molecular weight excluding hydrogens is 378 g/mol. The standard InChI is InChI=1S/C22H24ClNO4/c1-3-27-22(26)18-13-16(11-12-19(18)23)24-21(25)14(2)28-20-10-6-8-15-7-4-5-9-17(15)20/h6,8,10-14H,3-5,7,9H2,1-2H3,(H,24,25)/t14-/m1/s1. The van der Waals surface area contributed by atoms with Crippen LogP contribution in [0.5, 0.6) is 5.75 Å². The predicted octanol–water partition coefficient (Wildman–Crippen LogP) is 4.80. The van der Waals surface area contributed by atoms with E-state index in [9.17, 15) is 9.59 Å². The van der Waals surface area contributed by atoms with Gasteiger partial charge in [0.1, 0.15) is 5.75 Å². The van der Waals surface area contributed by atoms with Gasteiger partial charge >= 0.3 is 5.97 Å². The van der Waals surface area contributed by atoms with Crippen LogP contribution in [0.1, 0.15) is 48.2 Å². The molecule has 5 nitrogen and oxygen atoms in total. The Bertz CT molecular complexity index is 881. The van der Waals surface area contributed by atoms with Crippen molar-refractivity contribution in [3.8, 4) is 5.75 Å². The van der Waals surface area contributed by atoms with Crippen molar-refractivity contribution >= 4 is 29.2 Å². The molecule has 0 saturated heterocycles. The predicted molar refractivity (Wildman–Crippen MR) is 109 cm³/mol. The minimum atomic E-state index is -0.685. The first kappa shape index (κ1) is 20.2. The number of amides is 1. The number of esters is 1. The third-order valence-corrected chi connectivity index (χ3v) is 5.08. The number of carbonyl (C=O) groups is 2. The summed E-state index contributed by atoms with van der Waals surface area (Å²) in [5.74, 6) is -0.0578. The van der Waals surface area contributed by atoms with Gasteiger partial charge in [0, 0.05) is 5.69 Å². The summed E-state index contributed by atoms with van der Waals surface area (Å²) in [5, 5.41) is 3.05. The van der Waals surface area contributed by atoms with Crippen LogP contribution in [0.2, 0.25) is 5.02 Å². The zero-order chi connectivity index (χ0) is 20.1. The molecule has 0 fully saturated rings. The van der Waals surface area contributed by atoms with Gasteiger partial charge in [-0.3, -0.25) is 4.79 Å². The molecular formula is C22H24ClNO4. The van der Waals surface area contributed by atoms with Crippen molar-refractivity contribution in [3.63, 3.8) is 0 Å². The zero-order valence-electron chi connectivity index (χ0n) is 16.1. The summed E-state index contributed by atoms with van der Waals surface area (Å²) in [6.45, 7) is 3.68. The quantitative estimate of drug-likeness (QED) is 0.706. The molecule has 1 aliphatic carbocycles. The maximum Gasteiger partial charge on any atom is 0.339 e. The van der Waals surface area contributed by atoms with Gasteiger partial charge < -0.3 is 14.8 Å². The van der Waals surface area contributed by atoms with Gasteiger partial charge in [-0.2, -0.15) is 0 Å². The zero-order valence-corrected chi connectivity index (χ0v) is 16.8. The van der Waals surface area contributed by atoms with Crippen molar-refractivity contribution in [1.82, 2.24) is 0 Å². The van der Waals surface area contributed by atoms with Gasteiger partial charge in [0.05, 0.1) is 17.2 Å². The van der Waals surface area contributed by atoms with Crippen LogP contribution in [0.3, 0.4) is 0 Å². The number of rotatable bonds is 6. The van der Waals surface area contributed by atoms with Gasteiger partial charge in [0.25, 0.3) is 5.91 Å². The number of hydrogen-bond acceptors (Lipinski definition) is 4. The maximum atomic E-state index is 12.6. The number of carbonyl (C=O) groups excluding carboxylic acids is 2. The number of halogens is 1. The third-order valence-electron chi connectivity index (χ3n) is 4.76. The van der Waals surface area contributed by atoms with E-state index in [2.05, 4.69) is 11.4 Å². The molecule has 2 aromatic rings. The largest absolute Gasteiger partial charge is 0.481 e. The van der Waals surface area contributed by atoms with Crippen LogP contribution >= 0.6 is 11.6 Å². The number of anilines is 1. The molecule has 1 amide bonds. The molecule has 0 radical (unpaired) electrons. The number of aryl methyl sites for hydroxylation is 1. The van der Waals surface area contributed by atoms with Crippen molar-refractivity contribution in [1.29, 1.82) is 0 Å². The van der Waals surface area contributed by atoms with E-state index in [0.717, 1.165) is 25.0 Å².